The summed E-state index contributed by atoms with van der Waals surface area (Å²) in [6.45, 7) is 4.77. The van der Waals surface area contributed by atoms with Crippen LogP contribution in [0.2, 0.25) is 0 Å². The van der Waals surface area contributed by atoms with Gasteiger partial charge in [0, 0.05) is 19.8 Å². The van der Waals surface area contributed by atoms with Crippen LogP contribution in [0.5, 0.6) is 0 Å². The predicted molar refractivity (Wildman–Crippen MR) is 72.4 cm³/mol. The van der Waals surface area contributed by atoms with E-state index in [2.05, 4.69) is 34.7 Å². The first kappa shape index (κ1) is 11.5. The summed E-state index contributed by atoms with van der Waals surface area (Å²) in [5, 5.41) is 0. The van der Waals surface area contributed by atoms with E-state index in [-0.39, 0.29) is 0 Å². The molecule has 1 fully saturated rings. The maximum atomic E-state index is 6.06. The van der Waals surface area contributed by atoms with E-state index in [0.717, 1.165) is 43.6 Å². The fourth-order valence-corrected chi connectivity index (χ4v) is 2.68. The number of anilines is 1. The maximum Gasteiger partial charge on any atom is 0.201 e. The average molecular weight is 245 g/mol. The number of hydrogen-bond acceptors (Lipinski definition) is 3. The maximum absolute atomic E-state index is 6.06. The van der Waals surface area contributed by atoms with Crippen LogP contribution in [0.3, 0.4) is 0 Å². The van der Waals surface area contributed by atoms with Crippen LogP contribution in [0.25, 0.3) is 11.0 Å². The summed E-state index contributed by atoms with van der Waals surface area (Å²) in [6.07, 6.45) is 2.23. The number of rotatable bonds is 2. The van der Waals surface area contributed by atoms with Gasteiger partial charge in [0.25, 0.3) is 0 Å². The van der Waals surface area contributed by atoms with Crippen molar-refractivity contribution in [3.8, 4) is 0 Å². The fraction of sp³-hybridized carbons (Fsp3) is 0.500. The lowest BCUT2D eigenvalue weighted by atomic mass is 10.0. The molecule has 0 unspecified atom stereocenters. The predicted octanol–water partition coefficient (Wildman–Crippen LogP) is 2.35. The smallest absolute Gasteiger partial charge is 0.201 e. The van der Waals surface area contributed by atoms with Gasteiger partial charge in [0.1, 0.15) is 0 Å². The first-order chi connectivity index (χ1) is 8.75. The van der Waals surface area contributed by atoms with Gasteiger partial charge in [-0.2, -0.15) is 0 Å². The Hall–Kier alpha value is -1.55. The van der Waals surface area contributed by atoms with Crippen LogP contribution in [-0.2, 0) is 11.3 Å². The number of nitrogen functional groups attached to an aromatic ring is 1. The lowest BCUT2D eigenvalue weighted by Crippen LogP contribution is -2.21. The summed E-state index contributed by atoms with van der Waals surface area (Å²) in [5.41, 5.74) is 9.43. The van der Waals surface area contributed by atoms with Crippen molar-refractivity contribution in [1.29, 1.82) is 0 Å². The van der Waals surface area contributed by atoms with Gasteiger partial charge in [-0.15, -0.1) is 0 Å². The van der Waals surface area contributed by atoms with Crippen LogP contribution in [0.4, 0.5) is 5.95 Å². The van der Waals surface area contributed by atoms with Crippen molar-refractivity contribution >= 4 is 17.0 Å². The Balaban J connectivity index is 1.95. The molecule has 1 aliphatic heterocycles. The Morgan fingerprint density at radius 2 is 2.17 bits per heavy atom. The van der Waals surface area contributed by atoms with E-state index in [9.17, 15) is 0 Å². The summed E-state index contributed by atoms with van der Waals surface area (Å²) in [7, 11) is 0. The quantitative estimate of drug-likeness (QED) is 0.883. The fourth-order valence-electron chi connectivity index (χ4n) is 2.68. The van der Waals surface area contributed by atoms with E-state index in [0.29, 0.717) is 11.9 Å². The molecular weight excluding hydrogens is 226 g/mol. The number of ether oxygens (including phenoxy) is 1. The lowest BCUT2D eigenvalue weighted by molar-refractivity contribution is 0.0618. The van der Waals surface area contributed by atoms with Crippen LogP contribution in [0.15, 0.2) is 18.2 Å². The van der Waals surface area contributed by atoms with Gasteiger partial charge in [-0.1, -0.05) is 12.1 Å². The summed E-state index contributed by atoms with van der Waals surface area (Å²) in [5.74, 6) is 1.28. The minimum absolute atomic E-state index is 0.630. The third-order valence-corrected chi connectivity index (χ3v) is 3.79. The molecule has 2 aromatic rings. The summed E-state index contributed by atoms with van der Waals surface area (Å²) < 4.78 is 7.55. The van der Waals surface area contributed by atoms with Crippen LogP contribution < -0.4 is 5.73 Å². The highest BCUT2D eigenvalue weighted by atomic mass is 16.5. The number of imidazole rings is 1. The van der Waals surface area contributed by atoms with Crippen molar-refractivity contribution in [1.82, 2.24) is 9.55 Å². The molecule has 0 aliphatic carbocycles. The highest BCUT2D eigenvalue weighted by molar-refractivity contribution is 5.81. The molecule has 3 rings (SSSR count). The third kappa shape index (κ3) is 1.97. The molecule has 0 saturated carbocycles. The molecule has 1 aromatic heterocycles. The molecule has 96 valence electrons. The number of para-hydroxylation sites is 1. The van der Waals surface area contributed by atoms with E-state index in [4.69, 9.17) is 10.5 Å². The van der Waals surface area contributed by atoms with Gasteiger partial charge >= 0.3 is 0 Å². The topological polar surface area (TPSA) is 53.1 Å². The molecule has 0 spiro atoms. The largest absolute Gasteiger partial charge is 0.381 e. The minimum Gasteiger partial charge on any atom is -0.381 e. The first-order valence-corrected chi connectivity index (χ1v) is 6.55. The van der Waals surface area contributed by atoms with Crippen molar-refractivity contribution in [2.45, 2.75) is 26.3 Å². The molecule has 0 amide bonds. The second-order valence-electron chi connectivity index (χ2n) is 5.08. The van der Waals surface area contributed by atoms with Crippen molar-refractivity contribution < 1.29 is 4.74 Å². The van der Waals surface area contributed by atoms with Gasteiger partial charge < -0.3 is 15.0 Å². The van der Waals surface area contributed by atoms with Crippen LogP contribution >= 0.6 is 0 Å². The Kier molecular flexibility index (Phi) is 2.96. The summed E-state index contributed by atoms with van der Waals surface area (Å²) in [4.78, 5) is 4.49. The number of nitrogens with two attached hydrogens (primary N) is 1. The molecule has 2 N–H and O–H groups in total. The highest BCUT2D eigenvalue weighted by Crippen LogP contribution is 2.25. The van der Waals surface area contributed by atoms with E-state index in [1.807, 2.05) is 0 Å². The molecule has 0 radical (unpaired) electrons. The van der Waals surface area contributed by atoms with Gasteiger partial charge in [0.15, 0.2) is 0 Å². The van der Waals surface area contributed by atoms with Gasteiger partial charge in [-0.3, -0.25) is 0 Å². The van der Waals surface area contributed by atoms with Crippen LogP contribution in [0, 0.1) is 12.8 Å². The Morgan fingerprint density at radius 3 is 2.94 bits per heavy atom. The van der Waals surface area contributed by atoms with Crippen molar-refractivity contribution in [2.24, 2.45) is 5.92 Å². The molecule has 1 aromatic carbocycles. The normalized spacial score (nSPS) is 17.4. The SMILES string of the molecule is Cc1cccc2c1nc(N)n2CC1CCOCC1. The van der Waals surface area contributed by atoms with Gasteiger partial charge in [0.2, 0.25) is 5.95 Å². The zero-order valence-electron chi connectivity index (χ0n) is 10.7. The first-order valence-electron chi connectivity index (χ1n) is 6.55. The minimum atomic E-state index is 0.630. The second-order valence-corrected chi connectivity index (χ2v) is 5.08. The number of fused-ring (bicyclic) bond motifs is 1. The molecular formula is C14H19N3O. The van der Waals surface area contributed by atoms with E-state index >= 15 is 0 Å². The monoisotopic (exact) mass is 245 g/mol. The molecule has 18 heavy (non-hydrogen) atoms. The molecule has 1 aliphatic rings. The van der Waals surface area contributed by atoms with E-state index in [1.165, 1.54) is 5.56 Å². The van der Waals surface area contributed by atoms with Crippen LogP contribution in [0.1, 0.15) is 18.4 Å². The van der Waals surface area contributed by atoms with E-state index < -0.39 is 0 Å². The lowest BCUT2D eigenvalue weighted by Gasteiger charge is -2.23. The van der Waals surface area contributed by atoms with E-state index in [1.54, 1.807) is 0 Å². The number of hydrogen-bond donors (Lipinski definition) is 1. The zero-order chi connectivity index (χ0) is 12.5. The number of nitrogens with zero attached hydrogens (tertiary/aromatic N) is 2. The average Bonchev–Trinajstić information content (AvgIpc) is 2.70. The van der Waals surface area contributed by atoms with Crippen molar-refractivity contribution in [2.75, 3.05) is 18.9 Å². The standard InChI is InChI=1S/C14H19N3O/c1-10-3-2-4-12-13(10)16-14(15)17(12)9-11-5-7-18-8-6-11/h2-4,11H,5-9H2,1H3,(H2,15,16). The molecule has 1 saturated heterocycles. The highest BCUT2D eigenvalue weighted by Gasteiger charge is 2.17. The number of aromatic nitrogens is 2. The summed E-state index contributed by atoms with van der Waals surface area (Å²) >= 11 is 0. The van der Waals surface area contributed by atoms with Crippen molar-refractivity contribution in [3.63, 3.8) is 0 Å². The molecule has 4 heteroatoms. The van der Waals surface area contributed by atoms with Crippen LogP contribution in [-0.4, -0.2) is 22.8 Å². The zero-order valence-corrected chi connectivity index (χ0v) is 10.7. The molecule has 0 bridgehead atoms. The van der Waals surface area contributed by atoms with Gasteiger partial charge in [-0.25, -0.2) is 4.98 Å². The molecule has 2 heterocycles. The van der Waals surface area contributed by atoms with Gasteiger partial charge in [-0.05, 0) is 37.3 Å². The Morgan fingerprint density at radius 1 is 1.39 bits per heavy atom. The van der Waals surface area contributed by atoms with Crippen molar-refractivity contribution in [3.05, 3.63) is 23.8 Å². The Labute approximate surface area is 107 Å². The molecule has 4 nitrogen and oxygen atoms in total. The second kappa shape index (κ2) is 4.61. The Bertz CT molecular complexity index is 555. The molecule has 0 atom stereocenters. The summed E-state index contributed by atoms with van der Waals surface area (Å²) in [6, 6.07) is 6.25. The third-order valence-electron chi connectivity index (χ3n) is 3.79. The number of benzene rings is 1. The number of aryl methyl sites for hydroxylation is 1. The van der Waals surface area contributed by atoms with Gasteiger partial charge in [0.05, 0.1) is 11.0 Å².